The highest BCUT2D eigenvalue weighted by Crippen LogP contribution is 2.29. The molecule has 1 N–H and O–H groups in total. The number of ether oxygens (including phenoxy) is 1. The molecule has 2 heterocycles. The summed E-state index contributed by atoms with van der Waals surface area (Å²) in [7, 11) is -2.10. The number of hydrogen-bond acceptors (Lipinski definition) is 7. The van der Waals surface area contributed by atoms with Crippen molar-refractivity contribution >= 4 is 21.6 Å². The van der Waals surface area contributed by atoms with E-state index in [-0.39, 0.29) is 30.1 Å². The molecule has 9 nitrogen and oxygen atoms in total. The van der Waals surface area contributed by atoms with E-state index in [1.165, 1.54) is 0 Å². The van der Waals surface area contributed by atoms with Crippen molar-refractivity contribution in [3.05, 3.63) is 71.6 Å². The number of rotatable bonds is 9. The second kappa shape index (κ2) is 10.8. The smallest absolute Gasteiger partial charge is 0.406 e. The first-order chi connectivity index (χ1) is 17.5. The molecule has 0 fully saturated rings. The van der Waals surface area contributed by atoms with Crippen molar-refractivity contribution in [2.75, 3.05) is 31.6 Å². The predicted molar refractivity (Wildman–Crippen MR) is 128 cm³/mol. The second-order valence-electron chi connectivity index (χ2n) is 8.41. The molecule has 37 heavy (non-hydrogen) atoms. The fraction of sp³-hybridized carbons (Fsp3) is 0.333. The van der Waals surface area contributed by atoms with Crippen LogP contribution in [0.25, 0.3) is 0 Å². The summed E-state index contributed by atoms with van der Waals surface area (Å²) < 4.78 is 73.6. The average Bonchev–Trinajstić information content (AvgIpc) is 3.30. The van der Waals surface area contributed by atoms with Crippen LogP contribution in [-0.2, 0) is 23.0 Å². The zero-order valence-electron chi connectivity index (χ0n) is 19.9. The van der Waals surface area contributed by atoms with Crippen LogP contribution in [0, 0.1) is 0 Å². The Kier molecular flexibility index (Phi) is 7.73. The number of para-hydroxylation sites is 1. The van der Waals surface area contributed by atoms with Crippen LogP contribution in [0.15, 0.2) is 64.0 Å². The number of carbonyl (C=O) groups is 1. The first-order valence-electron chi connectivity index (χ1n) is 11.4. The number of hydrogen-bond donors (Lipinski definition) is 1. The van der Waals surface area contributed by atoms with Crippen LogP contribution in [0.1, 0.15) is 28.2 Å². The normalized spacial score (nSPS) is 14.2. The second-order valence-corrected chi connectivity index (χ2v) is 10.3. The van der Waals surface area contributed by atoms with E-state index in [0.717, 1.165) is 34.3 Å². The molecule has 0 saturated heterocycles. The lowest BCUT2D eigenvalue weighted by Crippen LogP contribution is -2.37. The molecular formula is C24H25F3N4O5S. The van der Waals surface area contributed by atoms with Gasteiger partial charge in [-0.3, -0.25) is 4.79 Å². The summed E-state index contributed by atoms with van der Waals surface area (Å²) >= 11 is 0. The third-order valence-electron chi connectivity index (χ3n) is 5.86. The van der Waals surface area contributed by atoms with Crippen LogP contribution < -0.4 is 15.0 Å². The van der Waals surface area contributed by atoms with Gasteiger partial charge in [0, 0.05) is 50.9 Å². The molecule has 0 bridgehead atoms. The standard InChI is InChI=1S/C24H25F3N4O5S/c1-30(17-6-3-2-4-7-17)14-5-13-28-23(32)22-20-16-31(15-12-21(20)36-29-22)37(33,34)19-10-8-18(9-11-19)35-24(25,26)27/h2-4,6-11H,5,12-16H2,1H3,(H,28,32). The van der Waals surface area contributed by atoms with Crippen molar-refractivity contribution in [2.45, 2.75) is 30.6 Å². The molecule has 0 aliphatic carbocycles. The van der Waals surface area contributed by atoms with E-state index in [2.05, 4.69) is 20.1 Å². The van der Waals surface area contributed by atoms with Crippen molar-refractivity contribution in [2.24, 2.45) is 0 Å². The largest absolute Gasteiger partial charge is 0.573 e. The number of carbonyl (C=O) groups excluding carboxylic acids is 1. The molecule has 13 heteroatoms. The molecule has 1 aromatic heterocycles. The maximum atomic E-state index is 13.1. The summed E-state index contributed by atoms with van der Waals surface area (Å²) in [6.45, 7) is 1.01. The Bertz CT molecular complexity index is 1330. The Morgan fingerprint density at radius 3 is 2.54 bits per heavy atom. The van der Waals surface area contributed by atoms with Crippen molar-refractivity contribution in [3.8, 4) is 5.75 Å². The SMILES string of the molecule is CN(CCCNC(=O)c1noc2c1CN(S(=O)(=O)c1ccc(OC(F)(F)F)cc1)CC2)c1ccccc1. The minimum Gasteiger partial charge on any atom is -0.406 e. The van der Waals surface area contributed by atoms with Gasteiger partial charge in [-0.05, 0) is 42.8 Å². The first-order valence-corrected chi connectivity index (χ1v) is 12.9. The highest BCUT2D eigenvalue weighted by atomic mass is 32.2. The highest BCUT2D eigenvalue weighted by molar-refractivity contribution is 7.89. The zero-order valence-corrected chi connectivity index (χ0v) is 20.7. The molecule has 4 rings (SSSR count). The summed E-state index contributed by atoms with van der Waals surface area (Å²) in [5, 5.41) is 6.64. The third kappa shape index (κ3) is 6.41. The lowest BCUT2D eigenvalue weighted by molar-refractivity contribution is -0.274. The number of anilines is 1. The molecule has 0 unspecified atom stereocenters. The summed E-state index contributed by atoms with van der Waals surface area (Å²) in [6.07, 6.45) is -4.01. The third-order valence-corrected chi connectivity index (χ3v) is 7.71. The Balaban J connectivity index is 1.37. The van der Waals surface area contributed by atoms with Gasteiger partial charge >= 0.3 is 6.36 Å². The van der Waals surface area contributed by atoms with E-state index >= 15 is 0 Å². The molecule has 2 aromatic carbocycles. The molecule has 3 aromatic rings. The lowest BCUT2D eigenvalue weighted by Gasteiger charge is -2.25. The maximum absolute atomic E-state index is 13.1. The van der Waals surface area contributed by atoms with Crippen LogP contribution in [0.2, 0.25) is 0 Å². The van der Waals surface area contributed by atoms with Gasteiger partial charge in [0.1, 0.15) is 11.5 Å². The number of nitrogens with zero attached hydrogens (tertiary/aromatic N) is 3. The number of benzene rings is 2. The van der Waals surface area contributed by atoms with Crippen molar-refractivity contribution in [1.82, 2.24) is 14.8 Å². The number of halogens is 3. The Hall–Kier alpha value is -3.58. The molecule has 0 atom stereocenters. The van der Waals surface area contributed by atoms with Gasteiger partial charge in [-0.2, -0.15) is 4.31 Å². The van der Waals surface area contributed by atoms with Crippen LogP contribution in [-0.4, -0.2) is 56.8 Å². The molecule has 198 valence electrons. The number of sulfonamides is 1. The maximum Gasteiger partial charge on any atom is 0.573 e. The van der Waals surface area contributed by atoms with Crippen molar-refractivity contribution in [1.29, 1.82) is 0 Å². The highest BCUT2D eigenvalue weighted by Gasteiger charge is 2.35. The lowest BCUT2D eigenvalue weighted by atomic mass is 10.1. The van der Waals surface area contributed by atoms with Gasteiger partial charge in [0.25, 0.3) is 5.91 Å². The van der Waals surface area contributed by atoms with E-state index in [1.54, 1.807) is 0 Å². The Morgan fingerprint density at radius 2 is 1.86 bits per heavy atom. The molecule has 1 aliphatic heterocycles. The zero-order chi connectivity index (χ0) is 26.6. The van der Waals surface area contributed by atoms with Gasteiger partial charge in [-0.15, -0.1) is 13.2 Å². The summed E-state index contributed by atoms with van der Waals surface area (Å²) in [5.41, 5.74) is 1.44. The summed E-state index contributed by atoms with van der Waals surface area (Å²) in [5.74, 6) is -0.574. The summed E-state index contributed by atoms with van der Waals surface area (Å²) in [4.78, 5) is 14.6. The van der Waals surface area contributed by atoms with E-state index in [4.69, 9.17) is 4.52 Å². The van der Waals surface area contributed by atoms with E-state index < -0.39 is 28.0 Å². The van der Waals surface area contributed by atoms with Gasteiger partial charge < -0.3 is 19.5 Å². The molecule has 0 spiro atoms. The van der Waals surface area contributed by atoms with E-state index in [0.29, 0.717) is 30.8 Å². The monoisotopic (exact) mass is 538 g/mol. The van der Waals surface area contributed by atoms with Crippen LogP contribution >= 0.6 is 0 Å². The van der Waals surface area contributed by atoms with Gasteiger partial charge in [0.05, 0.1) is 4.90 Å². The Labute approximate surface area is 211 Å². The van der Waals surface area contributed by atoms with Gasteiger partial charge in [-0.1, -0.05) is 23.4 Å². The van der Waals surface area contributed by atoms with Gasteiger partial charge in [0.15, 0.2) is 5.69 Å². The fourth-order valence-electron chi connectivity index (χ4n) is 3.94. The van der Waals surface area contributed by atoms with Crippen LogP contribution in [0.4, 0.5) is 18.9 Å². The average molecular weight is 539 g/mol. The molecular weight excluding hydrogens is 513 g/mol. The molecule has 1 aliphatic rings. The van der Waals surface area contributed by atoms with Crippen LogP contribution in [0.5, 0.6) is 5.75 Å². The Morgan fingerprint density at radius 1 is 1.16 bits per heavy atom. The number of alkyl halides is 3. The molecule has 1 amide bonds. The van der Waals surface area contributed by atoms with Gasteiger partial charge in [-0.25, -0.2) is 8.42 Å². The predicted octanol–water partition coefficient (Wildman–Crippen LogP) is 3.58. The van der Waals surface area contributed by atoms with Gasteiger partial charge in [0.2, 0.25) is 10.0 Å². The fourth-order valence-corrected chi connectivity index (χ4v) is 5.35. The number of nitrogens with one attached hydrogen (secondary N) is 1. The topological polar surface area (TPSA) is 105 Å². The number of fused-ring (bicyclic) bond motifs is 1. The molecule has 0 radical (unpaired) electrons. The van der Waals surface area contributed by atoms with Crippen molar-refractivity contribution < 1.29 is 35.6 Å². The number of amides is 1. The number of aromatic nitrogens is 1. The minimum absolute atomic E-state index is 0.0141. The van der Waals surface area contributed by atoms with Crippen molar-refractivity contribution in [3.63, 3.8) is 0 Å². The quantitative estimate of drug-likeness (QED) is 0.415. The minimum atomic E-state index is -4.88. The van der Waals surface area contributed by atoms with Crippen LogP contribution in [0.3, 0.4) is 0 Å². The first kappa shape index (κ1) is 26.5. The van der Waals surface area contributed by atoms with E-state index in [9.17, 15) is 26.4 Å². The van der Waals surface area contributed by atoms with E-state index in [1.807, 2.05) is 37.4 Å². The summed E-state index contributed by atoms with van der Waals surface area (Å²) in [6, 6.07) is 13.8. The molecule has 0 saturated carbocycles.